The lowest BCUT2D eigenvalue weighted by molar-refractivity contribution is -0.00309. The number of amides is 1. The van der Waals surface area contributed by atoms with Gasteiger partial charge in [0.2, 0.25) is 11.2 Å². The standard InChI is InChI=1S/C16H15N3O4/c20-12-6-7-19-14(15(12)23-11-4-2-1-3-5-11)16(21)18-8-9-22-10-13(18)17-19/h1-7,13,17H,8-10H2. The van der Waals surface area contributed by atoms with Gasteiger partial charge in [0.1, 0.15) is 11.9 Å². The van der Waals surface area contributed by atoms with Crippen molar-refractivity contribution in [2.75, 3.05) is 25.2 Å². The molecular weight excluding hydrogens is 298 g/mol. The molecule has 7 heteroatoms. The van der Waals surface area contributed by atoms with Crippen LogP contribution in [0.5, 0.6) is 11.5 Å². The van der Waals surface area contributed by atoms with Gasteiger partial charge in [-0.3, -0.25) is 14.3 Å². The summed E-state index contributed by atoms with van der Waals surface area (Å²) in [6.07, 6.45) is 1.30. The topological polar surface area (TPSA) is 72.8 Å². The molecule has 1 aromatic carbocycles. The van der Waals surface area contributed by atoms with Gasteiger partial charge in [-0.15, -0.1) is 0 Å². The Morgan fingerprint density at radius 1 is 1.17 bits per heavy atom. The number of fused-ring (bicyclic) bond motifs is 2. The number of para-hydroxylation sites is 1. The van der Waals surface area contributed by atoms with Crippen LogP contribution in [0.15, 0.2) is 47.4 Å². The molecule has 0 spiro atoms. The molecule has 1 atom stereocenters. The Bertz CT molecular complexity index is 803. The molecule has 2 aliphatic rings. The fourth-order valence-electron chi connectivity index (χ4n) is 2.78. The normalized spacial score (nSPS) is 19.6. The quantitative estimate of drug-likeness (QED) is 0.895. The number of aromatic nitrogens is 1. The van der Waals surface area contributed by atoms with Gasteiger partial charge in [0.15, 0.2) is 5.69 Å². The first-order valence-corrected chi connectivity index (χ1v) is 7.38. The summed E-state index contributed by atoms with van der Waals surface area (Å²) in [6.45, 7) is 1.37. The van der Waals surface area contributed by atoms with Crippen molar-refractivity contribution in [3.63, 3.8) is 0 Å². The zero-order valence-corrected chi connectivity index (χ0v) is 12.3. The number of pyridine rings is 1. The molecule has 0 aliphatic carbocycles. The molecule has 7 nitrogen and oxygen atoms in total. The zero-order chi connectivity index (χ0) is 15.8. The van der Waals surface area contributed by atoms with Gasteiger partial charge in [-0.2, -0.15) is 0 Å². The SMILES string of the molecule is O=C1c2c(Oc3ccccc3)c(=O)ccn2NC2COCCN12. The third kappa shape index (κ3) is 2.35. The lowest BCUT2D eigenvalue weighted by Gasteiger charge is -2.41. The fourth-order valence-corrected chi connectivity index (χ4v) is 2.78. The van der Waals surface area contributed by atoms with Crippen molar-refractivity contribution in [1.29, 1.82) is 0 Å². The van der Waals surface area contributed by atoms with E-state index in [-0.39, 0.29) is 28.9 Å². The number of morpholine rings is 1. The maximum atomic E-state index is 12.8. The predicted molar refractivity (Wildman–Crippen MR) is 82.2 cm³/mol. The molecule has 1 N–H and O–H groups in total. The van der Waals surface area contributed by atoms with Gasteiger partial charge in [0.25, 0.3) is 5.91 Å². The lowest BCUT2D eigenvalue weighted by Crippen LogP contribution is -2.59. The Morgan fingerprint density at radius 2 is 2.00 bits per heavy atom. The highest BCUT2D eigenvalue weighted by Gasteiger charge is 2.36. The van der Waals surface area contributed by atoms with Gasteiger partial charge in [-0.25, -0.2) is 0 Å². The summed E-state index contributed by atoms with van der Waals surface area (Å²) in [5.41, 5.74) is 3.04. The van der Waals surface area contributed by atoms with E-state index in [2.05, 4.69) is 5.43 Å². The monoisotopic (exact) mass is 313 g/mol. The first kappa shape index (κ1) is 13.8. The van der Waals surface area contributed by atoms with Crippen molar-refractivity contribution in [2.45, 2.75) is 6.17 Å². The summed E-state index contributed by atoms with van der Waals surface area (Å²) >= 11 is 0. The Kier molecular flexibility index (Phi) is 3.27. The Balaban J connectivity index is 1.79. The van der Waals surface area contributed by atoms with Crippen molar-refractivity contribution in [3.8, 4) is 11.5 Å². The first-order valence-electron chi connectivity index (χ1n) is 7.38. The number of hydrogen-bond donors (Lipinski definition) is 1. The third-order valence-corrected chi connectivity index (χ3v) is 3.90. The van der Waals surface area contributed by atoms with E-state index in [0.717, 1.165) is 0 Å². The summed E-state index contributed by atoms with van der Waals surface area (Å²) in [4.78, 5) is 26.7. The maximum Gasteiger partial charge on any atom is 0.278 e. The van der Waals surface area contributed by atoms with Crippen molar-refractivity contribution in [1.82, 2.24) is 9.58 Å². The molecule has 1 amide bonds. The number of carbonyl (C=O) groups is 1. The van der Waals surface area contributed by atoms with Crippen LogP contribution in [-0.4, -0.2) is 41.4 Å². The molecular formula is C16H15N3O4. The van der Waals surface area contributed by atoms with Crippen LogP contribution in [0.25, 0.3) is 0 Å². The van der Waals surface area contributed by atoms with Gasteiger partial charge in [0.05, 0.1) is 13.2 Å². The van der Waals surface area contributed by atoms with Crippen LogP contribution in [-0.2, 0) is 4.74 Å². The van der Waals surface area contributed by atoms with Crippen molar-refractivity contribution < 1.29 is 14.3 Å². The van der Waals surface area contributed by atoms with E-state index in [1.54, 1.807) is 35.4 Å². The van der Waals surface area contributed by atoms with Crippen molar-refractivity contribution in [2.24, 2.45) is 0 Å². The molecule has 1 saturated heterocycles. The van der Waals surface area contributed by atoms with Crippen LogP contribution >= 0.6 is 0 Å². The average Bonchev–Trinajstić information content (AvgIpc) is 2.59. The number of ether oxygens (including phenoxy) is 2. The average molecular weight is 313 g/mol. The molecule has 4 rings (SSSR count). The van der Waals surface area contributed by atoms with E-state index in [1.807, 2.05) is 6.07 Å². The van der Waals surface area contributed by atoms with Gasteiger partial charge in [0, 0.05) is 18.8 Å². The number of carbonyl (C=O) groups excluding carboxylic acids is 1. The smallest absolute Gasteiger partial charge is 0.278 e. The highest BCUT2D eigenvalue weighted by Crippen LogP contribution is 2.26. The second-order valence-electron chi connectivity index (χ2n) is 5.36. The van der Waals surface area contributed by atoms with Gasteiger partial charge in [-0.05, 0) is 12.1 Å². The number of rotatable bonds is 2. The van der Waals surface area contributed by atoms with Crippen molar-refractivity contribution >= 4 is 5.91 Å². The van der Waals surface area contributed by atoms with Crippen LogP contribution in [0.1, 0.15) is 10.5 Å². The molecule has 0 saturated carbocycles. The lowest BCUT2D eigenvalue weighted by atomic mass is 10.2. The van der Waals surface area contributed by atoms with Gasteiger partial charge in [-0.1, -0.05) is 18.2 Å². The molecule has 2 aliphatic heterocycles. The number of benzene rings is 1. The minimum Gasteiger partial charge on any atom is -0.451 e. The number of hydrogen-bond acceptors (Lipinski definition) is 5. The largest absolute Gasteiger partial charge is 0.451 e. The van der Waals surface area contributed by atoms with E-state index in [4.69, 9.17) is 9.47 Å². The molecule has 118 valence electrons. The second-order valence-corrected chi connectivity index (χ2v) is 5.36. The summed E-state index contributed by atoms with van der Waals surface area (Å²) in [5.74, 6) is 0.303. The molecule has 23 heavy (non-hydrogen) atoms. The molecule has 3 heterocycles. The zero-order valence-electron chi connectivity index (χ0n) is 12.3. The van der Waals surface area contributed by atoms with Gasteiger partial charge >= 0.3 is 0 Å². The van der Waals surface area contributed by atoms with Gasteiger partial charge < -0.3 is 19.8 Å². The Morgan fingerprint density at radius 3 is 2.83 bits per heavy atom. The molecule has 1 aromatic heterocycles. The van der Waals surface area contributed by atoms with Crippen LogP contribution < -0.4 is 15.6 Å². The highest BCUT2D eigenvalue weighted by atomic mass is 16.5. The van der Waals surface area contributed by atoms with Crippen LogP contribution in [0.2, 0.25) is 0 Å². The molecule has 0 radical (unpaired) electrons. The molecule has 1 fully saturated rings. The molecule has 1 unspecified atom stereocenters. The maximum absolute atomic E-state index is 12.8. The van der Waals surface area contributed by atoms with E-state index in [9.17, 15) is 9.59 Å². The third-order valence-electron chi connectivity index (χ3n) is 3.90. The van der Waals surface area contributed by atoms with Crippen LogP contribution in [0, 0.1) is 0 Å². The summed E-state index contributed by atoms with van der Waals surface area (Å²) in [6, 6.07) is 10.3. The van der Waals surface area contributed by atoms with E-state index in [1.165, 1.54) is 10.7 Å². The summed E-state index contributed by atoms with van der Waals surface area (Å²) in [7, 11) is 0. The molecule has 2 aromatic rings. The Hall–Kier alpha value is -2.80. The summed E-state index contributed by atoms with van der Waals surface area (Å²) in [5, 5.41) is 0. The second kappa shape index (κ2) is 5.44. The van der Waals surface area contributed by atoms with Crippen LogP contribution in [0.4, 0.5) is 0 Å². The van der Waals surface area contributed by atoms with E-state index in [0.29, 0.717) is 25.5 Å². The number of nitrogens with one attached hydrogen (secondary N) is 1. The predicted octanol–water partition coefficient (Wildman–Crippen LogP) is 0.996. The Labute approximate surface area is 132 Å². The fraction of sp³-hybridized carbons (Fsp3) is 0.250. The van der Waals surface area contributed by atoms with E-state index < -0.39 is 0 Å². The highest BCUT2D eigenvalue weighted by molar-refractivity contribution is 5.96. The minimum absolute atomic E-state index is 0.0288. The van der Waals surface area contributed by atoms with E-state index >= 15 is 0 Å². The van der Waals surface area contributed by atoms with Crippen LogP contribution in [0.3, 0.4) is 0 Å². The molecule has 0 bridgehead atoms. The summed E-state index contributed by atoms with van der Waals surface area (Å²) < 4.78 is 12.6. The van der Waals surface area contributed by atoms with Crippen molar-refractivity contribution in [3.05, 3.63) is 58.5 Å². The number of nitrogens with zero attached hydrogens (tertiary/aromatic N) is 2. The minimum atomic E-state index is -0.332. The first-order chi connectivity index (χ1) is 11.2.